The molecule has 0 saturated carbocycles. The van der Waals surface area contributed by atoms with Crippen molar-refractivity contribution in [3.05, 3.63) is 28.1 Å². The minimum Gasteiger partial charge on any atom is -0.350 e. The van der Waals surface area contributed by atoms with E-state index in [0.29, 0.717) is 11.4 Å². The Morgan fingerprint density at radius 2 is 2.26 bits per heavy atom. The number of amides is 1. The van der Waals surface area contributed by atoms with Crippen molar-refractivity contribution < 1.29 is 4.79 Å². The third-order valence-corrected chi connectivity index (χ3v) is 4.77. The second-order valence-corrected chi connectivity index (χ2v) is 5.97. The molecule has 0 fully saturated rings. The first kappa shape index (κ1) is 14.2. The van der Waals surface area contributed by atoms with Gasteiger partial charge in [-0.2, -0.15) is 0 Å². The van der Waals surface area contributed by atoms with Gasteiger partial charge in [-0.25, -0.2) is 4.98 Å². The summed E-state index contributed by atoms with van der Waals surface area (Å²) in [5.41, 5.74) is 0.800. The molecule has 2 aromatic heterocycles. The molecule has 2 aromatic rings. The van der Waals surface area contributed by atoms with E-state index in [1.54, 1.807) is 11.3 Å². The first-order valence-corrected chi connectivity index (χ1v) is 7.92. The summed E-state index contributed by atoms with van der Waals surface area (Å²) in [6.45, 7) is 6.27. The van der Waals surface area contributed by atoms with Crippen LogP contribution in [-0.4, -0.2) is 30.5 Å². The molecule has 0 aliphatic carbocycles. The second-order valence-electron chi connectivity index (χ2n) is 4.02. The number of thiophene rings is 1. The van der Waals surface area contributed by atoms with Crippen molar-refractivity contribution in [3.63, 3.8) is 0 Å². The lowest BCUT2D eigenvalue weighted by molar-refractivity contribution is 0.0957. The monoisotopic (exact) mass is 295 g/mol. The lowest BCUT2D eigenvalue weighted by Crippen LogP contribution is -2.31. The van der Waals surface area contributed by atoms with Gasteiger partial charge in [-0.15, -0.1) is 22.7 Å². The molecule has 0 spiro atoms. The highest BCUT2D eigenvalue weighted by Crippen LogP contribution is 2.30. The molecule has 6 heteroatoms. The number of rotatable bonds is 6. The number of hydrogen-bond donors (Lipinski definition) is 2. The summed E-state index contributed by atoms with van der Waals surface area (Å²) in [4.78, 5) is 18.3. The zero-order valence-corrected chi connectivity index (χ0v) is 12.7. The maximum Gasteiger partial charge on any atom is 0.263 e. The van der Waals surface area contributed by atoms with Crippen molar-refractivity contribution in [2.45, 2.75) is 13.8 Å². The largest absolute Gasteiger partial charge is 0.350 e. The minimum atomic E-state index is -0.0318. The Morgan fingerprint density at radius 1 is 1.42 bits per heavy atom. The summed E-state index contributed by atoms with van der Waals surface area (Å²) in [6.07, 6.45) is 0. The molecule has 0 saturated heterocycles. The molecule has 0 radical (unpaired) electrons. The summed E-state index contributed by atoms with van der Waals surface area (Å²) in [5.74, 6) is -0.0318. The number of likely N-dealkylation sites (N-methyl/N-ethyl adjacent to an activating group) is 1. The quantitative estimate of drug-likeness (QED) is 0.805. The summed E-state index contributed by atoms with van der Waals surface area (Å²) in [7, 11) is 0. The van der Waals surface area contributed by atoms with Crippen LogP contribution in [0, 0.1) is 6.92 Å². The fourth-order valence-electron chi connectivity index (χ4n) is 1.63. The fourth-order valence-corrected chi connectivity index (χ4v) is 3.41. The molecule has 0 bridgehead atoms. The van der Waals surface area contributed by atoms with Gasteiger partial charge in [-0.05, 0) is 24.9 Å². The van der Waals surface area contributed by atoms with Gasteiger partial charge in [0, 0.05) is 13.1 Å². The Labute approximate surface area is 120 Å². The number of nitrogens with zero attached hydrogens (tertiary/aromatic N) is 1. The third-order valence-electron chi connectivity index (χ3n) is 2.57. The number of aromatic nitrogens is 1. The summed E-state index contributed by atoms with van der Waals surface area (Å²) in [6, 6.07) is 4.02. The lowest BCUT2D eigenvalue weighted by atomic mass is 10.3. The van der Waals surface area contributed by atoms with E-state index in [9.17, 15) is 4.79 Å². The van der Waals surface area contributed by atoms with Crippen LogP contribution in [0.25, 0.3) is 9.88 Å². The molecule has 1 amide bonds. The number of thiazole rings is 1. The molecule has 0 aliphatic heterocycles. The maximum absolute atomic E-state index is 12.0. The Bertz CT molecular complexity index is 534. The van der Waals surface area contributed by atoms with Gasteiger partial charge in [-0.3, -0.25) is 4.79 Å². The number of aryl methyl sites for hydroxylation is 1. The highest BCUT2D eigenvalue weighted by molar-refractivity contribution is 7.22. The van der Waals surface area contributed by atoms with Gasteiger partial charge >= 0.3 is 0 Å². The van der Waals surface area contributed by atoms with Gasteiger partial charge in [0.2, 0.25) is 0 Å². The number of nitrogens with one attached hydrogen (secondary N) is 2. The Balaban J connectivity index is 2.02. The van der Waals surface area contributed by atoms with Gasteiger partial charge in [0.25, 0.3) is 5.91 Å². The van der Waals surface area contributed by atoms with Crippen LogP contribution in [0.4, 0.5) is 0 Å². The first-order valence-electron chi connectivity index (χ1n) is 6.22. The zero-order valence-electron chi connectivity index (χ0n) is 11.0. The molecule has 19 heavy (non-hydrogen) atoms. The summed E-state index contributed by atoms with van der Waals surface area (Å²) < 4.78 is 0. The molecular formula is C13H17N3OS2. The average Bonchev–Trinajstić information content (AvgIpc) is 3.03. The van der Waals surface area contributed by atoms with E-state index in [-0.39, 0.29) is 5.91 Å². The molecule has 0 atom stereocenters. The highest BCUT2D eigenvalue weighted by atomic mass is 32.1. The molecule has 2 N–H and O–H groups in total. The van der Waals surface area contributed by atoms with Crippen LogP contribution in [0.15, 0.2) is 17.5 Å². The number of hydrogen-bond acceptors (Lipinski definition) is 5. The Morgan fingerprint density at radius 3 is 2.95 bits per heavy atom. The molecular weight excluding hydrogens is 278 g/mol. The van der Waals surface area contributed by atoms with Crippen LogP contribution < -0.4 is 10.6 Å². The van der Waals surface area contributed by atoms with Crippen molar-refractivity contribution in [2.75, 3.05) is 19.6 Å². The van der Waals surface area contributed by atoms with E-state index in [1.165, 1.54) is 11.3 Å². The smallest absolute Gasteiger partial charge is 0.263 e. The Kier molecular flexibility index (Phi) is 5.07. The average molecular weight is 295 g/mol. The van der Waals surface area contributed by atoms with Crippen molar-refractivity contribution in [1.82, 2.24) is 15.6 Å². The summed E-state index contributed by atoms with van der Waals surface area (Å²) in [5, 5.41) is 9.01. The van der Waals surface area contributed by atoms with Crippen molar-refractivity contribution >= 4 is 28.6 Å². The van der Waals surface area contributed by atoms with Crippen LogP contribution in [0.3, 0.4) is 0 Å². The normalized spacial score (nSPS) is 10.6. The number of carbonyl (C=O) groups is 1. The van der Waals surface area contributed by atoms with E-state index in [4.69, 9.17) is 0 Å². The zero-order chi connectivity index (χ0) is 13.7. The molecule has 102 valence electrons. The fraction of sp³-hybridized carbons (Fsp3) is 0.385. The standard InChI is InChI=1S/C13H17N3OS2/c1-3-14-6-7-15-12(17)11-9(2)16-13(19-11)10-5-4-8-18-10/h4-5,8,14H,3,6-7H2,1-2H3,(H,15,17). The van der Waals surface area contributed by atoms with Gasteiger partial charge < -0.3 is 10.6 Å². The van der Waals surface area contributed by atoms with Crippen molar-refractivity contribution in [3.8, 4) is 9.88 Å². The molecule has 2 rings (SSSR count). The van der Waals surface area contributed by atoms with E-state index in [0.717, 1.165) is 28.7 Å². The maximum atomic E-state index is 12.0. The van der Waals surface area contributed by atoms with Gasteiger partial charge in [-0.1, -0.05) is 13.0 Å². The molecule has 0 aromatic carbocycles. The van der Waals surface area contributed by atoms with Crippen LogP contribution in [0.5, 0.6) is 0 Å². The predicted molar refractivity (Wildman–Crippen MR) is 81.0 cm³/mol. The number of carbonyl (C=O) groups excluding carboxylic acids is 1. The predicted octanol–water partition coefficient (Wildman–Crippen LogP) is 2.52. The van der Waals surface area contributed by atoms with E-state index >= 15 is 0 Å². The molecule has 2 heterocycles. The Hall–Kier alpha value is -1.24. The van der Waals surface area contributed by atoms with Crippen LogP contribution in [-0.2, 0) is 0 Å². The minimum absolute atomic E-state index is 0.0318. The van der Waals surface area contributed by atoms with Gasteiger partial charge in [0.05, 0.1) is 10.6 Å². The van der Waals surface area contributed by atoms with E-state index in [1.807, 2.05) is 31.4 Å². The van der Waals surface area contributed by atoms with E-state index < -0.39 is 0 Å². The van der Waals surface area contributed by atoms with Crippen molar-refractivity contribution in [2.24, 2.45) is 0 Å². The SMILES string of the molecule is CCNCCNC(=O)c1sc(-c2cccs2)nc1C. The summed E-state index contributed by atoms with van der Waals surface area (Å²) >= 11 is 3.10. The first-order chi connectivity index (χ1) is 9.22. The van der Waals surface area contributed by atoms with Crippen LogP contribution in [0.2, 0.25) is 0 Å². The van der Waals surface area contributed by atoms with Crippen molar-refractivity contribution in [1.29, 1.82) is 0 Å². The molecule has 0 aliphatic rings. The molecule has 0 unspecified atom stereocenters. The van der Waals surface area contributed by atoms with Crippen LogP contribution >= 0.6 is 22.7 Å². The topological polar surface area (TPSA) is 54.0 Å². The van der Waals surface area contributed by atoms with Gasteiger partial charge in [0.1, 0.15) is 9.88 Å². The van der Waals surface area contributed by atoms with Gasteiger partial charge in [0.15, 0.2) is 0 Å². The lowest BCUT2D eigenvalue weighted by Gasteiger charge is -2.03. The second kappa shape index (κ2) is 6.79. The highest BCUT2D eigenvalue weighted by Gasteiger charge is 2.16. The third kappa shape index (κ3) is 3.62. The van der Waals surface area contributed by atoms with E-state index in [2.05, 4.69) is 15.6 Å². The molecule has 4 nitrogen and oxygen atoms in total. The van der Waals surface area contributed by atoms with Crippen LogP contribution in [0.1, 0.15) is 22.3 Å².